The molecule has 30 heavy (non-hydrogen) atoms. The molecule has 7 nitrogen and oxygen atoms in total. The summed E-state index contributed by atoms with van der Waals surface area (Å²) in [4.78, 5) is 24.0. The third kappa shape index (κ3) is 5.81. The van der Waals surface area contributed by atoms with Crippen LogP contribution in [0.2, 0.25) is 5.02 Å². The SMILES string of the molecule is O=C(NCCC1CCCCN1S(=O)(=O)c1cccs1)C(=O)NCc1ccc(Cl)cc1. The Kier molecular flexibility index (Phi) is 7.87. The first kappa shape index (κ1) is 22.7. The monoisotopic (exact) mass is 469 g/mol. The summed E-state index contributed by atoms with van der Waals surface area (Å²) < 4.78 is 27.6. The Morgan fingerprint density at radius 3 is 2.53 bits per heavy atom. The molecule has 2 heterocycles. The molecule has 162 valence electrons. The lowest BCUT2D eigenvalue weighted by molar-refractivity contribution is -0.139. The second kappa shape index (κ2) is 10.4. The third-order valence-corrected chi connectivity index (χ3v) is 8.54. The molecule has 2 N–H and O–H groups in total. The summed E-state index contributed by atoms with van der Waals surface area (Å²) in [6.07, 6.45) is 2.96. The smallest absolute Gasteiger partial charge is 0.309 e. The lowest BCUT2D eigenvalue weighted by Crippen LogP contribution is -2.46. The Hall–Kier alpha value is -1.94. The number of carbonyl (C=O) groups excluding carboxylic acids is 2. The number of sulfonamides is 1. The summed E-state index contributed by atoms with van der Waals surface area (Å²) in [6.45, 7) is 0.924. The highest BCUT2D eigenvalue weighted by molar-refractivity contribution is 7.91. The molecule has 0 saturated carbocycles. The molecule has 3 rings (SSSR count). The number of hydrogen-bond donors (Lipinski definition) is 2. The maximum Gasteiger partial charge on any atom is 0.309 e. The van der Waals surface area contributed by atoms with Crippen LogP contribution in [0.4, 0.5) is 0 Å². The Morgan fingerprint density at radius 2 is 1.83 bits per heavy atom. The summed E-state index contributed by atoms with van der Waals surface area (Å²) in [6, 6.07) is 10.1. The van der Waals surface area contributed by atoms with Crippen molar-refractivity contribution in [3.63, 3.8) is 0 Å². The van der Waals surface area contributed by atoms with Crippen LogP contribution < -0.4 is 10.6 Å². The van der Waals surface area contributed by atoms with Crippen LogP contribution in [-0.4, -0.2) is 43.7 Å². The van der Waals surface area contributed by atoms with Gasteiger partial charge in [0.15, 0.2) is 0 Å². The highest BCUT2D eigenvalue weighted by atomic mass is 35.5. The minimum Gasteiger partial charge on any atom is -0.348 e. The van der Waals surface area contributed by atoms with Gasteiger partial charge in [0.1, 0.15) is 4.21 Å². The van der Waals surface area contributed by atoms with Crippen LogP contribution in [0.5, 0.6) is 0 Å². The minimum atomic E-state index is -3.53. The molecule has 2 amide bonds. The number of rotatable bonds is 7. The van der Waals surface area contributed by atoms with Gasteiger partial charge in [0.05, 0.1) is 0 Å². The van der Waals surface area contributed by atoms with E-state index in [2.05, 4.69) is 10.6 Å². The van der Waals surface area contributed by atoms with Crippen molar-refractivity contribution in [3.8, 4) is 0 Å². The van der Waals surface area contributed by atoms with Gasteiger partial charge in [-0.2, -0.15) is 4.31 Å². The van der Waals surface area contributed by atoms with Gasteiger partial charge in [-0.05, 0) is 48.4 Å². The van der Waals surface area contributed by atoms with Gasteiger partial charge in [-0.25, -0.2) is 8.42 Å². The predicted molar refractivity (Wildman–Crippen MR) is 117 cm³/mol. The van der Waals surface area contributed by atoms with E-state index in [1.165, 1.54) is 15.6 Å². The molecule has 1 aliphatic rings. The third-order valence-electron chi connectivity index (χ3n) is 4.97. The van der Waals surface area contributed by atoms with Crippen molar-refractivity contribution in [3.05, 3.63) is 52.4 Å². The van der Waals surface area contributed by atoms with E-state index < -0.39 is 21.8 Å². The number of carbonyl (C=O) groups is 2. The number of nitrogens with zero attached hydrogens (tertiary/aromatic N) is 1. The summed E-state index contributed by atoms with van der Waals surface area (Å²) in [5.74, 6) is -1.45. The van der Waals surface area contributed by atoms with Crippen LogP contribution in [0, 0.1) is 0 Å². The molecule has 1 fully saturated rings. The van der Waals surface area contributed by atoms with Gasteiger partial charge in [0.25, 0.3) is 10.0 Å². The van der Waals surface area contributed by atoms with E-state index in [1.54, 1.807) is 41.8 Å². The molecule has 2 aromatic rings. The first-order valence-electron chi connectivity index (χ1n) is 9.74. The van der Waals surface area contributed by atoms with Gasteiger partial charge in [0, 0.05) is 30.7 Å². The lowest BCUT2D eigenvalue weighted by Gasteiger charge is -2.34. The Bertz CT molecular complexity index is 962. The summed E-state index contributed by atoms with van der Waals surface area (Å²) in [5.41, 5.74) is 0.831. The van der Waals surface area contributed by atoms with Crippen molar-refractivity contribution in [2.24, 2.45) is 0 Å². The summed E-state index contributed by atoms with van der Waals surface area (Å²) >= 11 is 7.02. The van der Waals surface area contributed by atoms with Gasteiger partial charge >= 0.3 is 11.8 Å². The average molecular weight is 470 g/mol. The number of thiophene rings is 1. The lowest BCUT2D eigenvalue weighted by atomic mass is 10.0. The van der Waals surface area contributed by atoms with Crippen LogP contribution in [0.15, 0.2) is 46.0 Å². The van der Waals surface area contributed by atoms with Crippen molar-refractivity contribution in [1.82, 2.24) is 14.9 Å². The maximum atomic E-state index is 12.9. The van der Waals surface area contributed by atoms with Crippen molar-refractivity contribution in [2.45, 2.75) is 42.5 Å². The quantitative estimate of drug-likeness (QED) is 0.609. The molecule has 1 saturated heterocycles. The van der Waals surface area contributed by atoms with E-state index in [-0.39, 0.29) is 19.1 Å². The molecule has 1 aliphatic heterocycles. The first-order chi connectivity index (χ1) is 14.4. The van der Waals surface area contributed by atoms with Crippen molar-refractivity contribution >= 4 is 44.8 Å². The fourth-order valence-corrected chi connectivity index (χ4v) is 6.37. The van der Waals surface area contributed by atoms with Crippen LogP contribution >= 0.6 is 22.9 Å². The van der Waals surface area contributed by atoms with E-state index >= 15 is 0 Å². The number of hydrogen-bond acceptors (Lipinski definition) is 5. The molecular weight excluding hydrogens is 446 g/mol. The molecule has 0 spiro atoms. The van der Waals surface area contributed by atoms with Crippen LogP contribution in [0.3, 0.4) is 0 Å². The zero-order valence-corrected chi connectivity index (χ0v) is 18.7. The molecule has 0 radical (unpaired) electrons. The van der Waals surface area contributed by atoms with Gasteiger partial charge < -0.3 is 10.6 Å². The summed E-state index contributed by atoms with van der Waals surface area (Å²) in [7, 11) is -3.53. The maximum absolute atomic E-state index is 12.9. The fraction of sp³-hybridized carbons (Fsp3) is 0.400. The average Bonchev–Trinajstić information content (AvgIpc) is 3.29. The van der Waals surface area contributed by atoms with Crippen molar-refractivity contribution in [1.29, 1.82) is 0 Å². The number of nitrogens with one attached hydrogen (secondary N) is 2. The molecule has 0 aliphatic carbocycles. The molecule has 1 atom stereocenters. The van der Waals surface area contributed by atoms with E-state index in [0.29, 0.717) is 22.2 Å². The number of halogens is 1. The van der Waals surface area contributed by atoms with Gasteiger partial charge in [-0.3, -0.25) is 9.59 Å². The number of piperidine rings is 1. The zero-order chi connectivity index (χ0) is 21.6. The second-order valence-corrected chi connectivity index (χ2v) is 10.6. The normalized spacial score (nSPS) is 17.4. The molecular formula is C20H24ClN3O4S2. The van der Waals surface area contributed by atoms with E-state index in [0.717, 1.165) is 24.8 Å². The van der Waals surface area contributed by atoms with Crippen molar-refractivity contribution < 1.29 is 18.0 Å². The fourth-order valence-electron chi connectivity index (χ4n) is 3.40. The van der Waals surface area contributed by atoms with Gasteiger partial charge in [-0.1, -0.05) is 36.2 Å². The standard InChI is InChI=1S/C20H24ClN3O4S2/c21-16-8-6-15(7-9-16)14-23-20(26)19(25)22-11-10-17-4-1-2-12-24(17)30(27,28)18-5-3-13-29-18/h3,5-9,13,17H,1-2,4,10-12,14H2,(H,22,25)(H,23,26). The van der Waals surface area contributed by atoms with Gasteiger partial charge in [-0.15, -0.1) is 11.3 Å². The van der Waals surface area contributed by atoms with E-state index in [9.17, 15) is 18.0 Å². The Morgan fingerprint density at radius 1 is 1.10 bits per heavy atom. The number of benzene rings is 1. The first-order valence-corrected chi connectivity index (χ1v) is 12.4. The second-order valence-electron chi connectivity index (χ2n) is 7.05. The molecule has 1 aromatic carbocycles. The van der Waals surface area contributed by atoms with Crippen molar-refractivity contribution in [2.75, 3.05) is 13.1 Å². The van der Waals surface area contributed by atoms with E-state index in [1.807, 2.05) is 0 Å². The van der Waals surface area contributed by atoms with E-state index in [4.69, 9.17) is 11.6 Å². The minimum absolute atomic E-state index is 0.191. The largest absolute Gasteiger partial charge is 0.348 e. The highest BCUT2D eigenvalue weighted by Crippen LogP contribution is 2.29. The van der Waals surface area contributed by atoms with Crippen LogP contribution in [0.25, 0.3) is 0 Å². The summed E-state index contributed by atoms with van der Waals surface area (Å²) in [5, 5.41) is 7.49. The number of amides is 2. The predicted octanol–water partition coefficient (Wildman–Crippen LogP) is 2.77. The highest BCUT2D eigenvalue weighted by Gasteiger charge is 2.33. The molecule has 1 aromatic heterocycles. The zero-order valence-electron chi connectivity index (χ0n) is 16.3. The Labute approximate surface area is 185 Å². The van der Waals surface area contributed by atoms with Crippen LogP contribution in [0.1, 0.15) is 31.2 Å². The van der Waals surface area contributed by atoms with Gasteiger partial charge in [0.2, 0.25) is 0 Å². The molecule has 10 heteroatoms. The topological polar surface area (TPSA) is 95.6 Å². The molecule has 0 bridgehead atoms. The van der Waals surface area contributed by atoms with Crippen LogP contribution in [-0.2, 0) is 26.2 Å². The molecule has 1 unspecified atom stereocenters. The Balaban J connectivity index is 1.48.